The Morgan fingerprint density at radius 3 is 1.38 bits per heavy atom. The molecule has 2 heteroatoms. The van der Waals surface area contributed by atoms with E-state index < -0.39 is 0 Å². The van der Waals surface area contributed by atoms with Crippen molar-refractivity contribution < 1.29 is 0 Å². The Morgan fingerprint density at radius 2 is 0.760 bits per heavy atom. The van der Waals surface area contributed by atoms with Crippen LogP contribution in [-0.4, -0.2) is 9.13 Å². The molecule has 10 rings (SSSR count). The molecule has 0 aliphatic carbocycles. The molecule has 234 valence electrons. The predicted molar refractivity (Wildman–Crippen MR) is 211 cm³/mol. The van der Waals surface area contributed by atoms with E-state index in [-0.39, 0.29) is 0 Å². The van der Waals surface area contributed by atoms with E-state index in [4.69, 9.17) is 0 Å². The average Bonchev–Trinajstić information content (AvgIpc) is 3.72. The van der Waals surface area contributed by atoms with Gasteiger partial charge in [0, 0.05) is 32.8 Å². The van der Waals surface area contributed by atoms with Gasteiger partial charge in [-0.3, -0.25) is 0 Å². The predicted octanol–water partition coefficient (Wildman–Crippen LogP) is 12.9. The lowest BCUT2D eigenvalue weighted by atomic mass is 9.95. The quantitative estimate of drug-likeness (QED) is 0.178. The third kappa shape index (κ3) is 4.36. The fourth-order valence-corrected chi connectivity index (χ4v) is 7.99. The lowest BCUT2D eigenvalue weighted by molar-refractivity contribution is 1.18. The van der Waals surface area contributed by atoms with E-state index in [1.165, 1.54) is 82.7 Å². The molecular weight excluding hydrogens is 605 g/mol. The summed E-state index contributed by atoms with van der Waals surface area (Å²) in [6, 6.07) is 70.4. The van der Waals surface area contributed by atoms with Crippen LogP contribution in [0.3, 0.4) is 0 Å². The highest BCUT2D eigenvalue weighted by atomic mass is 15.0. The molecule has 0 bridgehead atoms. The minimum atomic E-state index is 1.16. The summed E-state index contributed by atoms with van der Waals surface area (Å²) in [6.45, 7) is 0. The summed E-state index contributed by atoms with van der Waals surface area (Å²) in [5.41, 5.74) is 14.4. The third-order valence-corrected chi connectivity index (χ3v) is 10.1. The van der Waals surface area contributed by atoms with Gasteiger partial charge in [0.2, 0.25) is 0 Å². The summed E-state index contributed by atoms with van der Waals surface area (Å²) >= 11 is 0. The third-order valence-electron chi connectivity index (χ3n) is 10.1. The van der Waals surface area contributed by atoms with E-state index in [0.29, 0.717) is 0 Å². The van der Waals surface area contributed by atoms with Gasteiger partial charge in [0.25, 0.3) is 0 Å². The van der Waals surface area contributed by atoms with Gasteiger partial charge in [0.15, 0.2) is 0 Å². The molecule has 2 nitrogen and oxygen atoms in total. The second kappa shape index (κ2) is 11.5. The SMILES string of the molecule is c1ccc(-c2ccc(-c3ccccc3)c(-n3c4ccccc4c4c(-c5cccc6c5c5ccccc5n6-c5ccccc5)cccc43)c2)cc1. The monoisotopic (exact) mass is 636 g/mol. The standard InChI is InChI=1S/C48H32N2/c1-4-16-33(17-5-1)35-30-31-37(34-18-6-2-7-19-34)46(32-35)50-43-27-13-11-23-41(43)48-39(25-15-29-45(48)50)38-24-14-28-44-47(38)40-22-10-12-26-42(40)49(44)36-20-8-3-9-21-36/h1-32H. The van der Waals surface area contributed by atoms with Crippen LogP contribution < -0.4 is 0 Å². The van der Waals surface area contributed by atoms with Crippen LogP contribution in [0.4, 0.5) is 0 Å². The molecule has 0 aliphatic heterocycles. The van der Waals surface area contributed by atoms with Gasteiger partial charge in [0.05, 0.1) is 27.8 Å². The first kappa shape index (κ1) is 28.4. The summed E-state index contributed by atoms with van der Waals surface area (Å²) < 4.78 is 4.88. The van der Waals surface area contributed by atoms with Crippen LogP contribution in [0.2, 0.25) is 0 Å². The zero-order valence-electron chi connectivity index (χ0n) is 27.4. The highest BCUT2D eigenvalue weighted by Gasteiger charge is 2.22. The van der Waals surface area contributed by atoms with Crippen molar-refractivity contribution in [2.24, 2.45) is 0 Å². The van der Waals surface area contributed by atoms with E-state index in [0.717, 1.165) is 5.69 Å². The Balaban J connectivity index is 1.30. The molecule has 0 N–H and O–H groups in total. The zero-order chi connectivity index (χ0) is 33.0. The van der Waals surface area contributed by atoms with Crippen LogP contribution in [0.1, 0.15) is 0 Å². The first-order valence-electron chi connectivity index (χ1n) is 17.2. The van der Waals surface area contributed by atoms with Gasteiger partial charge in [-0.05, 0) is 70.3 Å². The number of para-hydroxylation sites is 3. The highest BCUT2D eigenvalue weighted by Crippen LogP contribution is 2.45. The average molecular weight is 637 g/mol. The Morgan fingerprint density at radius 1 is 0.280 bits per heavy atom. The first-order chi connectivity index (χ1) is 24.8. The van der Waals surface area contributed by atoms with Gasteiger partial charge in [-0.1, -0.05) is 152 Å². The summed E-state index contributed by atoms with van der Waals surface area (Å²) in [4.78, 5) is 0. The van der Waals surface area contributed by atoms with Crippen molar-refractivity contribution in [1.82, 2.24) is 9.13 Å². The molecule has 0 radical (unpaired) electrons. The van der Waals surface area contributed by atoms with Crippen molar-refractivity contribution in [1.29, 1.82) is 0 Å². The van der Waals surface area contributed by atoms with E-state index in [1.807, 2.05) is 0 Å². The van der Waals surface area contributed by atoms with Crippen LogP contribution in [0.25, 0.3) is 88.4 Å². The molecule has 0 amide bonds. The van der Waals surface area contributed by atoms with Gasteiger partial charge >= 0.3 is 0 Å². The fraction of sp³-hybridized carbons (Fsp3) is 0. The maximum absolute atomic E-state index is 2.48. The molecule has 0 fully saturated rings. The van der Waals surface area contributed by atoms with Crippen molar-refractivity contribution in [2.45, 2.75) is 0 Å². The molecule has 0 spiro atoms. The number of nitrogens with zero attached hydrogens (tertiary/aromatic N) is 2. The van der Waals surface area contributed by atoms with Crippen molar-refractivity contribution >= 4 is 43.6 Å². The molecule has 8 aromatic carbocycles. The Kier molecular flexibility index (Phi) is 6.53. The molecule has 0 saturated heterocycles. The molecule has 10 aromatic rings. The van der Waals surface area contributed by atoms with E-state index in [2.05, 4.69) is 203 Å². The summed E-state index contributed by atoms with van der Waals surface area (Å²) in [5.74, 6) is 0. The molecule has 0 unspecified atom stereocenters. The van der Waals surface area contributed by atoms with Gasteiger partial charge in [0.1, 0.15) is 0 Å². The van der Waals surface area contributed by atoms with Crippen LogP contribution in [0.15, 0.2) is 194 Å². The van der Waals surface area contributed by atoms with Gasteiger partial charge < -0.3 is 9.13 Å². The maximum atomic E-state index is 2.48. The van der Waals surface area contributed by atoms with E-state index in [9.17, 15) is 0 Å². The fourth-order valence-electron chi connectivity index (χ4n) is 7.99. The second-order valence-electron chi connectivity index (χ2n) is 12.9. The molecule has 0 aliphatic rings. The van der Waals surface area contributed by atoms with Gasteiger partial charge in [-0.25, -0.2) is 0 Å². The largest absolute Gasteiger partial charge is 0.309 e. The summed E-state index contributed by atoms with van der Waals surface area (Å²) in [6.07, 6.45) is 0. The molecular formula is C48H32N2. The number of hydrogen-bond acceptors (Lipinski definition) is 0. The topological polar surface area (TPSA) is 9.86 Å². The molecule has 0 saturated carbocycles. The smallest absolute Gasteiger partial charge is 0.0547 e. The van der Waals surface area contributed by atoms with Crippen molar-refractivity contribution in [2.75, 3.05) is 0 Å². The molecule has 2 aromatic heterocycles. The van der Waals surface area contributed by atoms with Crippen molar-refractivity contribution in [3.05, 3.63) is 194 Å². The van der Waals surface area contributed by atoms with Gasteiger partial charge in [-0.2, -0.15) is 0 Å². The van der Waals surface area contributed by atoms with Crippen molar-refractivity contribution in [3.63, 3.8) is 0 Å². The van der Waals surface area contributed by atoms with E-state index in [1.54, 1.807) is 0 Å². The number of rotatable bonds is 5. The van der Waals surface area contributed by atoms with Crippen LogP contribution in [0, 0.1) is 0 Å². The molecule has 2 heterocycles. The minimum Gasteiger partial charge on any atom is -0.309 e. The summed E-state index contributed by atoms with van der Waals surface area (Å²) in [5, 5.41) is 5.03. The number of fused-ring (bicyclic) bond motifs is 6. The number of benzene rings is 8. The highest BCUT2D eigenvalue weighted by molar-refractivity contribution is 6.22. The maximum Gasteiger partial charge on any atom is 0.0547 e. The lowest BCUT2D eigenvalue weighted by Gasteiger charge is -2.16. The van der Waals surface area contributed by atoms with Crippen molar-refractivity contribution in [3.8, 4) is 44.8 Å². The zero-order valence-corrected chi connectivity index (χ0v) is 27.4. The number of aromatic nitrogens is 2. The van der Waals surface area contributed by atoms with Crippen LogP contribution in [-0.2, 0) is 0 Å². The van der Waals surface area contributed by atoms with E-state index >= 15 is 0 Å². The van der Waals surface area contributed by atoms with Crippen LogP contribution in [0.5, 0.6) is 0 Å². The Bertz CT molecular complexity index is 2840. The Labute approximate surface area is 290 Å². The summed E-state index contributed by atoms with van der Waals surface area (Å²) in [7, 11) is 0. The normalized spacial score (nSPS) is 11.6. The number of hydrogen-bond donors (Lipinski definition) is 0. The second-order valence-corrected chi connectivity index (χ2v) is 12.9. The van der Waals surface area contributed by atoms with Crippen LogP contribution >= 0.6 is 0 Å². The first-order valence-corrected chi connectivity index (χ1v) is 17.2. The lowest BCUT2D eigenvalue weighted by Crippen LogP contribution is -1.98. The Hall–Kier alpha value is -6.64. The van der Waals surface area contributed by atoms with Gasteiger partial charge in [-0.15, -0.1) is 0 Å². The minimum absolute atomic E-state index is 1.16. The molecule has 50 heavy (non-hydrogen) atoms. The molecule has 0 atom stereocenters.